The van der Waals surface area contributed by atoms with E-state index in [1.54, 1.807) is 0 Å². The number of carbonyl (C=O) groups excluding carboxylic acids is 1. The van der Waals surface area contributed by atoms with E-state index in [4.69, 9.17) is 4.74 Å². The van der Waals surface area contributed by atoms with E-state index in [1.165, 1.54) is 17.5 Å². The van der Waals surface area contributed by atoms with Gasteiger partial charge in [-0.1, -0.05) is 89.7 Å². The molecule has 30 heavy (non-hydrogen) atoms. The van der Waals surface area contributed by atoms with Crippen molar-refractivity contribution in [2.24, 2.45) is 0 Å². The van der Waals surface area contributed by atoms with Gasteiger partial charge in [0.15, 0.2) is 0 Å². The van der Waals surface area contributed by atoms with Crippen LogP contribution < -0.4 is 0 Å². The zero-order valence-corrected chi connectivity index (χ0v) is 21.0. The summed E-state index contributed by atoms with van der Waals surface area (Å²) in [6, 6.07) is 21.5. The van der Waals surface area contributed by atoms with E-state index in [0.29, 0.717) is 6.42 Å². The van der Waals surface area contributed by atoms with Gasteiger partial charge in [0.1, 0.15) is 5.60 Å². The van der Waals surface area contributed by atoms with Crippen LogP contribution in [0.1, 0.15) is 70.5 Å². The van der Waals surface area contributed by atoms with Crippen molar-refractivity contribution in [3.05, 3.63) is 71.8 Å². The lowest BCUT2D eigenvalue weighted by Gasteiger charge is -2.37. The summed E-state index contributed by atoms with van der Waals surface area (Å²) in [5.74, 6) is -0.111. The average molecular weight is 521 g/mol. The lowest BCUT2D eigenvalue weighted by Crippen LogP contribution is -2.39. The maximum atomic E-state index is 12.8. The molecule has 0 saturated carbocycles. The van der Waals surface area contributed by atoms with Gasteiger partial charge in [-0.3, -0.25) is 9.69 Å². The Morgan fingerprint density at radius 2 is 1.60 bits per heavy atom. The van der Waals surface area contributed by atoms with E-state index in [2.05, 4.69) is 89.0 Å². The number of hydrogen-bond acceptors (Lipinski definition) is 3. The van der Waals surface area contributed by atoms with Gasteiger partial charge in [-0.15, -0.1) is 0 Å². The minimum atomic E-state index is -0.459. The van der Waals surface area contributed by atoms with Crippen LogP contribution in [0.15, 0.2) is 60.7 Å². The Labute approximate surface area is 196 Å². The van der Waals surface area contributed by atoms with E-state index in [0.717, 1.165) is 23.8 Å². The Morgan fingerprint density at radius 1 is 1.00 bits per heavy atom. The number of carbonyl (C=O) groups is 1. The summed E-state index contributed by atoms with van der Waals surface area (Å²) in [6.07, 6.45) is 3.70. The first-order chi connectivity index (χ1) is 14.3. The molecule has 0 amide bonds. The molecular formula is C26H36INO2. The van der Waals surface area contributed by atoms with Crippen molar-refractivity contribution in [1.82, 2.24) is 4.90 Å². The molecule has 0 spiro atoms. The van der Waals surface area contributed by atoms with Gasteiger partial charge in [0.2, 0.25) is 0 Å². The van der Waals surface area contributed by atoms with Crippen molar-refractivity contribution >= 4 is 28.6 Å². The molecule has 0 aliphatic rings. The fourth-order valence-corrected chi connectivity index (χ4v) is 4.27. The zero-order valence-electron chi connectivity index (χ0n) is 18.8. The summed E-state index contributed by atoms with van der Waals surface area (Å²) in [5.41, 5.74) is 2.08. The highest BCUT2D eigenvalue weighted by atomic mass is 127. The van der Waals surface area contributed by atoms with Crippen LogP contribution in [0, 0.1) is 0 Å². The maximum Gasteiger partial charge on any atom is 0.307 e. The molecule has 0 fully saturated rings. The summed E-state index contributed by atoms with van der Waals surface area (Å²) in [7, 11) is 0. The molecule has 0 radical (unpaired) electrons. The first-order valence-electron chi connectivity index (χ1n) is 10.9. The molecule has 2 atom stereocenters. The Bertz CT molecular complexity index is 743. The monoisotopic (exact) mass is 521 g/mol. The van der Waals surface area contributed by atoms with Gasteiger partial charge in [-0.25, -0.2) is 0 Å². The lowest BCUT2D eigenvalue weighted by molar-refractivity contribution is -0.156. The summed E-state index contributed by atoms with van der Waals surface area (Å²) < 4.78 is 6.84. The average Bonchev–Trinajstić information content (AvgIpc) is 2.71. The van der Waals surface area contributed by atoms with Crippen LogP contribution in [-0.2, 0) is 16.1 Å². The molecule has 0 unspecified atom stereocenters. The zero-order chi connectivity index (χ0) is 22.0. The summed E-state index contributed by atoms with van der Waals surface area (Å²) in [5, 5.41) is 0. The first kappa shape index (κ1) is 24.9. The molecule has 0 N–H and O–H groups in total. The molecule has 164 valence electrons. The van der Waals surface area contributed by atoms with E-state index in [-0.39, 0.29) is 18.1 Å². The highest BCUT2D eigenvalue weighted by molar-refractivity contribution is 14.1. The van der Waals surface area contributed by atoms with Crippen LogP contribution in [0.2, 0.25) is 0 Å². The standard InChI is InChI=1S/C26H36INO2/c1-21(23-15-9-6-10-16-23)28(20-22-13-7-5-8-14-22)24(17-11-12-18-27)19-25(29)30-26(2,3)4/h5-10,13-16,21,24H,11-12,17-20H2,1-4H3/t21-,24-/m1/s1. The van der Waals surface area contributed by atoms with Gasteiger partial charge in [-0.05, 0) is 56.1 Å². The van der Waals surface area contributed by atoms with Crippen molar-refractivity contribution < 1.29 is 9.53 Å². The number of rotatable bonds is 11. The fourth-order valence-electron chi connectivity index (χ4n) is 3.73. The third kappa shape index (κ3) is 8.76. The quantitative estimate of drug-likeness (QED) is 0.139. The predicted octanol–water partition coefficient (Wildman–Crippen LogP) is 6.96. The van der Waals surface area contributed by atoms with Gasteiger partial charge in [0.25, 0.3) is 0 Å². The second-order valence-corrected chi connectivity index (χ2v) is 9.95. The highest BCUT2D eigenvalue weighted by Gasteiger charge is 2.28. The summed E-state index contributed by atoms with van der Waals surface area (Å²) >= 11 is 2.43. The lowest BCUT2D eigenvalue weighted by atomic mass is 9.98. The van der Waals surface area contributed by atoms with Gasteiger partial charge >= 0.3 is 5.97 Å². The molecular weight excluding hydrogens is 485 g/mol. The molecule has 3 nitrogen and oxygen atoms in total. The third-order valence-corrected chi connectivity index (χ3v) is 5.96. The van der Waals surface area contributed by atoms with Crippen LogP contribution in [0.4, 0.5) is 0 Å². The molecule has 0 bridgehead atoms. The smallest absolute Gasteiger partial charge is 0.307 e. The molecule has 2 aromatic carbocycles. The Hall–Kier alpha value is -1.40. The Morgan fingerprint density at radius 3 is 2.17 bits per heavy atom. The minimum Gasteiger partial charge on any atom is -0.460 e. The van der Waals surface area contributed by atoms with Crippen LogP contribution in [0.3, 0.4) is 0 Å². The van der Waals surface area contributed by atoms with Crippen molar-refractivity contribution in [2.75, 3.05) is 4.43 Å². The van der Waals surface area contributed by atoms with E-state index in [9.17, 15) is 4.79 Å². The Kier molecular flexibility index (Phi) is 10.3. The molecule has 2 aromatic rings. The van der Waals surface area contributed by atoms with Crippen molar-refractivity contribution in [2.45, 2.75) is 77.6 Å². The van der Waals surface area contributed by atoms with Crippen LogP contribution >= 0.6 is 22.6 Å². The number of esters is 1. The molecule has 0 aliphatic heterocycles. The molecule has 2 rings (SSSR count). The number of unbranched alkanes of at least 4 members (excludes halogenated alkanes) is 1. The third-order valence-electron chi connectivity index (χ3n) is 5.20. The fraction of sp³-hybridized carbons (Fsp3) is 0.500. The van der Waals surface area contributed by atoms with Crippen LogP contribution in [0.25, 0.3) is 0 Å². The van der Waals surface area contributed by atoms with E-state index < -0.39 is 5.60 Å². The van der Waals surface area contributed by atoms with Crippen LogP contribution in [0.5, 0.6) is 0 Å². The second kappa shape index (κ2) is 12.5. The number of benzene rings is 2. The number of hydrogen-bond donors (Lipinski definition) is 0. The topological polar surface area (TPSA) is 29.5 Å². The van der Waals surface area contributed by atoms with Crippen molar-refractivity contribution in [3.8, 4) is 0 Å². The Balaban J connectivity index is 2.30. The predicted molar refractivity (Wildman–Crippen MR) is 134 cm³/mol. The van der Waals surface area contributed by atoms with Crippen molar-refractivity contribution in [1.29, 1.82) is 0 Å². The second-order valence-electron chi connectivity index (χ2n) is 8.87. The van der Waals surface area contributed by atoms with E-state index >= 15 is 0 Å². The van der Waals surface area contributed by atoms with Gasteiger partial charge in [0.05, 0.1) is 6.42 Å². The van der Waals surface area contributed by atoms with Gasteiger partial charge < -0.3 is 4.74 Å². The van der Waals surface area contributed by atoms with E-state index in [1.807, 2.05) is 26.8 Å². The number of ether oxygens (including phenoxy) is 1. The molecule has 0 aromatic heterocycles. The molecule has 4 heteroatoms. The minimum absolute atomic E-state index is 0.111. The summed E-state index contributed by atoms with van der Waals surface area (Å²) in [6.45, 7) is 8.87. The molecule has 0 saturated heterocycles. The van der Waals surface area contributed by atoms with Gasteiger partial charge in [0, 0.05) is 18.6 Å². The SMILES string of the molecule is C[C@H](c1ccccc1)N(Cc1ccccc1)[C@H](CCCCI)CC(=O)OC(C)(C)C. The number of nitrogens with zero attached hydrogens (tertiary/aromatic N) is 1. The largest absolute Gasteiger partial charge is 0.460 e. The van der Waals surface area contributed by atoms with Crippen molar-refractivity contribution in [3.63, 3.8) is 0 Å². The normalized spacial score (nSPS) is 13.8. The maximum absolute atomic E-state index is 12.8. The molecule has 0 aliphatic carbocycles. The number of alkyl halides is 1. The molecule has 0 heterocycles. The first-order valence-corrected chi connectivity index (χ1v) is 12.4. The highest BCUT2D eigenvalue weighted by Crippen LogP contribution is 2.29. The van der Waals surface area contributed by atoms with Crippen LogP contribution in [-0.4, -0.2) is 26.9 Å². The van der Waals surface area contributed by atoms with Gasteiger partial charge in [-0.2, -0.15) is 0 Å². The summed E-state index contributed by atoms with van der Waals surface area (Å²) in [4.78, 5) is 15.3. The number of halogens is 1.